The van der Waals surface area contributed by atoms with Crippen LogP contribution in [0.25, 0.3) is 0 Å². The molecule has 0 aromatic carbocycles. The molecule has 1 atom stereocenters. The summed E-state index contributed by atoms with van der Waals surface area (Å²) in [5, 5.41) is 0. The molecule has 0 amide bonds. The van der Waals surface area contributed by atoms with Crippen LogP contribution in [0.4, 0.5) is 0 Å². The van der Waals surface area contributed by atoms with Crippen LogP contribution >= 0.6 is 0 Å². The van der Waals surface area contributed by atoms with E-state index in [1.165, 1.54) is 77.0 Å². The second-order valence-corrected chi connectivity index (χ2v) is 17.0. The quantitative estimate of drug-likeness (QED) is 0.0262. The molecule has 0 bridgehead atoms. The fourth-order valence-electron chi connectivity index (χ4n) is 6.77. The van der Waals surface area contributed by atoms with Crippen molar-refractivity contribution in [1.29, 1.82) is 0 Å². The first-order valence-electron chi connectivity index (χ1n) is 26.4. The van der Waals surface area contributed by atoms with E-state index in [9.17, 15) is 14.4 Å². The molecule has 6 heteroatoms. The minimum absolute atomic E-state index is 0.121. The molecule has 0 saturated heterocycles. The van der Waals surface area contributed by atoms with Gasteiger partial charge >= 0.3 is 17.9 Å². The van der Waals surface area contributed by atoms with Gasteiger partial charge in [-0.3, -0.25) is 14.4 Å². The molecule has 0 aliphatic carbocycles. The van der Waals surface area contributed by atoms with Crippen molar-refractivity contribution in [2.45, 2.75) is 232 Å². The molecule has 0 spiro atoms. The fraction of sp³-hybridized carbons (Fsp3) is 0.644. The number of unbranched alkanes of at least 4 members (excludes halogenated alkanes) is 17. The minimum atomic E-state index is -0.822. The second kappa shape index (κ2) is 52.7. The Labute approximate surface area is 400 Å². The number of allylic oxidation sites excluding steroid dienone is 18. The van der Waals surface area contributed by atoms with Crippen LogP contribution in [0.1, 0.15) is 226 Å². The molecule has 0 rings (SSSR count). The van der Waals surface area contributed by atoms with Gasteiger partial charge in [0, 0.05) is 19.3 Å². The van der Waals surface area contributed by atoms with Crippen LogP contribution in [0, 0.1) is 0 Å². The monoisotopic (exact) mass is 901 g/mol. The average molecular weight is 901 g/mol. The third kappa shape index (κ3) is 50.9. The van der Waals surface area contributed by atoms with Crippen molar-refractivity contribution < 1.29 is 28.6 Å². The summed E-state index contributed by atoms with van der Waals surface area (Å²) in [5.41, 5.74) is 0. The predicted octanol–water partition coefficient (Wildman–Crippen LogP) is 17.5. The first-order chi connectivity index (χ1) is 32.0. The van der Waals surface area contributed by atoms with Crippen LogP contribution < -0.4 is 0 Å². The molecule has 0 saturated carbocycles. The van der Waals surface area contributed by atoms with Gasteiger partial charge in [0.15, 0.2) is 6.10 Å². The molecule has 6 nitrogen and oxygen atoms in total. The third-order valence-corrected chi connectivity index (χ3v) is 10.7. The lowest BCUT2D eigenvalue weighted by atomic mass is 10.1. The SMILES string of the molecule is CC/C=C\C/C=C\C/C=C\C/C=C\C/C=C\CCCC(=O)OC[C@H](COC(=O)CCCC/C=C\C/C=C\C/C=C\CCCCC)OC(=O)CCCCCCC/C=C\CCCCCCCC. The van der Waals surface area contributed by atoms with E-state index in [2.05, 4.69) is 130 Å². The van der Waals surface area contributed by atoms with Crippen LogP contribution in [-0.4, -0.2) is 37.2 Å². The highest BCUT2D eigenvalue weighted by Gasteiger charge is 2.19. The van der Waals surface area contributed by atoms with Gasteiger partial charge < -0.3 is 14.2 Å². The Morgan fingerprint density at radius 1 is 0.323 bits per heavy atom. The van der Waals surface area contributed by atoms with Crippen molar-refractivity contribution in [3.8, 4) is 0 Å². The molecule has 0 N–H and O–H groups in total. The zero-order valence-electron chi connectivity index (χ0n) is 42.0. The van der Waals surface area contributed by atoms with Gasteiger partial charge in [-0.15, -0.1) is 0 Å². The van der Waals surface area contributed by atoms with E-state index in [1.807, 2.05) is 0 Å². The zero-order chi connectivity index (χ0) is 47.2. The smallest absolute Gasteiger partial charge is 0.306 e. The number of ether oxygens (including phenoxy) is 3. The van der Waals surface area contributed by atoms with Crippen molar-refractivity contribution in [3.05, 3.63) is 109 Å². The summed E-state index contributed by atoms with van der Waals surface area (Å²) in [6.07, 6.45) is 70.8. The number of carbonyl (C=O) groups is 3. The van der Waals surface area contributed by atoms with Crippen LogP contribution in [0.3, 0.4) is 0 Å². The Morgan fingerprint density at radius 3 is 1.08 bits per heavy atom. The first kappa shape index (κ1) is 61.1. The van der Waals surface area contributed by atoms with Gasteiger partial charge in [0.2, 0.25) is 0 Å². The largest absolute Gasteiger partial charge is 0.462 e. The highest BCUT2D eigenvalue weighted by molar-refractivity contribution is 5.71. The molecule has 65 heavy (non-hydrogen) atoms. The van der Waals surface area contributed by atoms with E-state index in [0.29, 0.717) is 25.7 Å². The molecule has 0 radical (unpaired) electrons. The summed E-state index contributed by atoms with van der Waals surface area (Å²) in [4.78, 5) is 38.0. The maximum Gasteiger partial charge on any atom is 0.306 e. The van der Waals surface area contributed by atoms with Crippen molar-refractivity contribution in [2.24, 2.45) is 0 Å². The molecule has 0 heterocycles. The fourth-order valence-corrected chi connectivity index (χ4v) is 6.77. The van der Waals surface area contributed by atoms with Gasteiger partial charge in [0.25, 0.3) is 0 Å². The van der Waals surface area contributed by atoms with Crippen molar-refractivity contribution in [3.63, 3.8) is 0 Å². The molecular formula is C59H96O6. The highest BCUT2D eigenvalue weighted by atomic mass is 16.6. The summed E-state index contributed by atoms with van der Waals surface area (Å²) in [6.45, 7) is 6.39. The first-order valence-corrected chi connectivity index (χ1v) is 26.4. The number of rotatable bonds is 46. The standard InChI is InChI=1S/C59H96O6/c1-4-7-10-13-16-19-22-25-28-29-32-34-37-40-43-46-49-52-58(61)64-55-56(65-59(62)53-50-47-44-41-38-35-31-27-24-21-18-15-12-9-6-3)54-63-57(60)51-48-45-42-39-36-33-30-26-23-20-17-14-11-8-5-2/h7,10,16-17,19-20,25-28,30-32,34,36,39-40,43,56H,4-6,8-9,11-15,18,21-24,29,33,35,37-38,41-42,44-55H2,1-3H3/b10-7-,19-16-,20-17-,28-25-,30-26-,31-27-,34-32-,39-36-,43-40-/t56-/m0/s1. The molecule has 0 unspecified atom stereocenters. The zero-order valence-corrected chi connectivity index (χ0v) is 42.0. The molecule has 0 fully saturated rings. The Hall–Kier alpha value is -3.93. The Morgan fingerprint density at radius 2 is 0.615 bits per heavy atom. The molecule has 0 aromatic heterocycles. The van der Waals surface area contributed by atoms with E-state index >= 15 is 0 Å². The summed E-state index contributed by atoms with van der Waals surface area (Å²) in [7, 11) is 0. The van der Waals surface area contributed by atoms with Crippen LogP contribution in [0.15, 0.2) is 109 Å². The summed E-state index contributed by atoms with van der Waals surface area (Å²) < 4.78 is 16.7. The van der Waals surface area contributed by atoms with Gasteiger partial charge in [-0.1, -0.05) is 194 Å². The molecule has 368 valence electrons. The maximum atomic E-state index is 12.8. The maximum absolute atomic E-state index is 12.8. The average Bonchev–Trinajstić information content (AvgIpc) is 3.30. The topological polar surface area (TPSA) is 78.9 Å². The lowest BCUT2D eigenvalue weighted by Gasteiger charge is -2.18. The van der Waals surface area contributed by atoms with Crippen molar-refractivity contribution >= 4 is 17.9 Å². The van der Waals surface area contributed by atoms with Crippen molar-refractivity contribution in [1.82, 2.24) is 0 Å². The Bertz CT molecular complexity index is 1360. The number of hydrogen-bond acceptors (Lipinski definition) is 6. The van der Waals surface area contributed by atoms with Crippen molar-refractivity contribution in [2.75, 3.05) is 13.2 Å². The number of esters is 3. The van der Waals surface area contributed by atoms with E-state index in [1.54, 1.807) is 0 Å². The normalized spacial score (nSPS) is 13.0. The lowest BCUT2D eigenvalue weighted by molar-refractivity contribution is -0.167. The molecular weight excluding hydrogens is 805 g/mol. The summed E-state index contributed by atoms with van der Waals surface area (Å²) in [6, 6.07) is 0. The predicted molar refractivity (Wildman–Crippen MR) is 279 cm³/mol. The van der Waals surface area contributed by atoms with Gasteiger partial charge in [0.05, 0.1) is 0 Å². The molecule has 0 aliphatic rings. The summed E-state index contributed by atoms with van der Waals surface area (Å²) in [5.74, 6) is -1.03. The van der Waals surface area contributed by atoms with Gasteiger partial charge in [0.1, 0.15) is 13.2 Å². The lowest BCUT2D eigenvalue weighted by Crippen LogP contribution is -2.30. The van der Waals surface area contributed by atoms with E-state index in [0.717, 1.165) is 96.3 Å². The van der Waals surface area contributed by atoms with Gasteiger partial charge in [-0.05, 0) is 122 Å². The number of hydrogen-bond donors (Lipinski definition) is 0. The molecule has 0 aliphatic heterocycles. The Balaban J connectivity index is 4.57. The minimum Gasteiger partial charge on any atom is -0.462 e. The van der Waals surface area contributed by atoms with Crippen LogP contribution in [-0.2, 0) is 28.6 Å². The Kier molecular flexibility index (Phi) is 49.5. The number of carbonyl (C=O) groups excluding carboxylic acids is 3. The second-order valence-electron chi connectivity index (χ2n) is 17.0. The molecule has 0 aromatic rings. The van der Waals surface area contributed by atoms with E-state index < -0.39 is 6.10 Å². The van der Waals surface area contributed by atoms with E-state index in [-0.39, 0.29) is 37.5 Å². The van der Waals surface area contributed by atoms with E-state index in [4.69, 9.17) is 14.2 Å². The summed E-state index contributed by atoms with van der Waals surface area (Å²) >= 11 is 0. The van der Waals surface area contributed by atoms with Gasteiger partial charge in [-0.25, -0.2) is 0 Å². The van der Waals surface area contributed by atoms with Crippen LogP contribution in [0.2, 0.25) is 0 Å². The van der Waals surface area contributed by atoms with Gasteiger partial charge in [-0.2, -0.15) is 0 Å². The highest BCUT2D eigenvalue weighted by Crippen LogP contribution is 2.12. The van der Waals surface area contributed by atoms with Crippen LogP contribution in [0.5, 0.6) is 0 Å². The third-order valence-electron chi connectivity index (χ3n) is 10.7.